The minimum absolute atomic E-state index is 0.0800. The van der Waals surface area contributed by atoms with Crippen molar-refractivity contribution in [2.24, 2.45) is 0 Å². The van der Waals surface area contributed by atoms with Crippen LogP contribution in [0.5, 0.6) is 0 Å². The van der Waals surface area contributed by atoms with E-state index in [2.05, 4.69) is 4.98 Å². The SMILES string of the molecule is CN(Cc1nc2ccc(N)cc2o1)C(C)(C)CO. The molecule has 5 heteroatoms. The lowest BCUT2D eigenvalue weighted by atomic mass is 10.1. The molecular formula is C13H19N3O2. The summed E-state index contributed by atoms with van der Waals surface area (Å²) in [6.45, 7) is 4.56. The number of aliphatic hydroxyl groups excluding tert-OH is 1. The topological polar surface area (TPSA) is 75.5 Å². The van der Waals surface area contributed by atoms with Crippen LogP contribution in [0.15, 0.2) is 22.6 Å². The van der Waals surface area contributed by atoms with Gasteiger partial charge in [0.15, 0.2) is 5.58 Å². The minimum atomic E-state index is -0.306. The normalized spacial score (nSPS) is 12.5. The quantitative estimate of drug-likeness (QED) is 0.805. The summed E-state index contributed by atoms with van der Waals surface area (Å²) in [5.41, 5.74) is 7.54. The molecular weight excluding hydrogens is 230 g/mol. The highest BCUT2D eigenvalue weighted by molar-refractivity contribution is 5.76. The van der Waals surface area contributed by atoms with Crippen LogP contribution in [0.1, 0.15) is 19.7 Å². The van der Waals surface area contributed by atoms with Gasteiger partial charge in [-0.05, 0) is 33.0 Å². The number of aliphatic hydroxyl groups is 1. The monoisotopic (exact) mass is 249 g/mol. The van der Waals surface area contributed by atoms with Crippen molar-refractivity contribution in [1.29, 1.82) is 0 Å². The van der Waals surface area contributed by atoms with E-state index in [0.29, 0.717) is 23.7 Å². The molecule has 0 aliphatic rings. The van der Waals surface area contributed by atoms with Gasteiger partial charge in [-0.15, -0.1) is 0 Å². The first kappa shape index (κ1) is 12.9. The molecule has 1 heterocycles. The number of likely N-dealkylation sites (N-methyl/N-ethyl adjacent to an activating group) is 1. The lowest BCUT2D eigenvalue weighted by Gasteiger charge is -2.32. The van der Waals surface area contributed by atoms with E-state index in [4.69, 9.17) is 10.2 Å². The molecule has 0 aliphatic carbocycles. The van der Waals surface area contributed by atoms with Gasteiger partial charge in [0.2, 0.25) is 5.89 Å². The highest BCUT2D eigenvalue weighted by Crippen LogP contribution is 2.21. The average Bonchev–Trinajstić information content (AvgIpc) is 2.70. The van der Waals surface area contributed by atoms with Crippen LogP contribution in [-0.2, 0) is 6.54 Å². The van der Waals surface area contributed by atoms with Gasteiger partial charge in [0.05, 0.1) is 13.2 Å². The zero-order valence-electron chi connectivity index (χ0n) is 11.0. The number of anilines is 1. The Bertz CT molecular complexity index is 548. The number of nitrogens with two attached hydrogens (primary N) is 1. The van der Waals surface area contributed by atoms with Crippen molar-refractivity contribution >= 4 is 16.8 Å². The molecule has 0 aliphatic heterocycles. The lowest BCUT2D eigenvalue weighted by Crippen LogP contribution is -2.43. The van der Waals surface area contributed by atoms with Gasteiger partial charge in [0, 0.05) is 17.3 Å². The van der Waals surface area contributed by atoms with Crippen LogP contribution in [0.25, 0.3) is 11.1 Å². The zero-order valence-corrected chi connectivity index (χ0v) is 11.0. The Morgan fingerprint density at radius 3 is 2.83 bits per heavy atom. The number of oxazole rings is 1. The van der Waals surface area contributed by atoms with E-state index in [1.165, 1.54) is 0 Å². The van der Waals surface area contributed by atoms with Crippen molar-refractivity contribution in [3.8, 4) is 0 Å². The van der Waals surface area contributed by atoms with Gasteiger partial charge < -0.3 is 15.3 Å². The van der Waals surface area contributed by atoms with E-state index in [1.807, 2.05) is 31.9 Å². The van der Waals surface area contributed by atoms with Crippen LogP contribution >= 0.6 is 0 Å². The summed E-state index contributed by atoms with van der Waals surface area (Å²) in [6, 6.07) is 5.41. The molecule has 0 saturated carbocycles. The Labute approximate surface area is 106 Å². The van der Waals surface area contributed by atoms with Crippen molar-refractivity contribution < 1.29 is 9.52 Å². The fraction of sp³-hybridized carbons (Fsp3) is 0.462. The summed E-state index contributed by atoms with van der Waals surface area (Å²) in [5.74, 6) is 0.625. The van der Waals surface area contributed by atoms with Gasteiger partial charge >= 0.3 is 0 Å². The third-order valence-corrected chi connectivity index (χ3v) is 3.25. The van der Waals surface area contributed by atoms with E-state index in [9.17, 15) is 5.11 Å². The van der Waals surface area contributed by atoms with Crippen molar-refractivity contribution in [2.75, 3.05) is 19.4 Å². The molecule has 2 rings (SSSR count). The highest BCUT2D eigenvalue weighted by Gasteiger charge is 2.23. The Kier molecular flexibility index (Phi) is 3.28. The van der Waals surface area contributed by atoms with Gasteiger partial charge in [-0.25, -0.2) is 4.98 Å². The van der Waals surface area contributed by atoms with Gasteiger partial charge in [0.25, 0.3) is 0 Å². The third-order valence-electron chi connectivity index (χ3n) is 3.25. The molecule has 98 valence electrons. The summed E-state index contributed by atoms with van der Waals surface area (Å²) >= 11 is 0. The smallest absolute Gasteiger partial charge is 0.209 e. The molecule has 1 aromatic carbocycles. The molecule has 0 unspecified atom stereocenters. The van der Waals surface area contributed by atoms with E-state index in [1.54, 1.807) is 12.1 Å². The minimum Gasteiger partial charge on any atom is -0.439 e. The maximum atomic E-state index is 9.31. The lowest BCUT2D eigenvalue weighted by molar-refractivity contribution is 0.0673. The highest BCUT2D eigenvalue weighted by atomic mass is 16.3. The van der Waals surface area contributed by atoms with Crippen molar-refractivity contribution in [2.45, 2.75) is 25.9 Å². The van der Waals surface area contributed by atoms with Gasteiger partial charge in [0.1, 0.15) is 5.52 Å². The molecule has 0 amide bonds. The Morgan fingerprint density at radius 2 is 2.17 bits per heavy atom. The van der Waals surface area contributed by atoms with E-state index in [-0.39, 0.29) is 12.1 Å². The van der Waals surface area contributed by atoms with Crippen LogP contribution in [0.4, 0.5) is 5.69 Å². The summed E-state index contributed by atoms with van der Waals surface area (Å²) in [6.07, 6.45) is 0. The number of nitrogen functional groups attached to an aromatic ring is 1. The molecule has 0 spiro atoms. The number of benzene rings is 1. The number of fused-ring (bicyclic) bond motifs is 1. The molecule has 3 N–H and O–H groups in total. The summed E-state index contributed by atoms with van der Waals surface area (Å²) in [4.78, 5) is 6.40. The van der Waals surface area contributed by atoms with E-state index >= 15 is 0 Å². The predicted octanol–water partition coefficient (Wildman–Crippen LogP) is 1.61. The molecule has 0 saturated heterocycles. The summed E-state index contributed by atoms with van der Waals surface area (Å²) in [5, 5.41) is 9.31. The van der Waals surface area contributed by atoms with Gasteiger partial charge in [-0.2, -0.15) is 0 Å². The molecule has 5 nitrogen and oxygen atoms in total. The standard InChI is InChI=1S/C13H19N3O2/c1-13(2,8-17)16(3)7-12-15-10-5-4-9(14)6-11(10)18-12/h4-6,17H,7-8,14H2,1-3H3. The number of nitrogens with zero attached hydrogens (tertiary/aromatic N) is 2. The molecule has 0 atom stereocenters. The maximum Gasteiger partial charge on any atom is 0.209 e. The molecule has 0 radical (unpaired) electrons. The van der Waals surface area contributed by atoms with Crippen LogP contribution < -0.4 is 5.73 Å². The van der Waals surface area contributed by atoms with E-state index in [0.717, 1.165) is 5.52 Å². The second kappa shape index (κ2) is 4.59. The third kappa shape index (κ3) is 2.47. The molecule has 1 aromatic heterocycles. The molecule has 0 bridgehead atoms. The Morgan fingerprint density at radius 1 is 1.44 bits per heavy atom. The number of hydrogen-bond acceptors (Lipinski definition) is 5. The first-order valence-corrected chi connectivity index (χ1v) is 5.89. The van der Waals surface area contributed by atoms with Crippen molar-refractivity contribution in [3.05, 3.63) is 24.1 Å². The summed E-state index contributed by atoms with van der Waals surface area (Å²) in [7, 11) is 1.93. The molecule has 0 fully saturated rings. The predicted molar refractivity (Wildman–Crippen MR) is 71.1 cm³/mol. The molecule has 18 heavy (non-hydrogen) atoms. The Hall–Kier alpha value is -1.59. The first-order chi connectivity index (χ1) is 8.42. The Balaban J connectivity index is 2.22. The number of hydrogen-bond donors (Lipinski definition) is 2. The largest absolute Gasteiger partial charge is 0.439 e. The van der Waals surface area contributed by atoms with Crippen LogP contribution in [0, 0.1) is 0 Å². The maximum absolute atomic E-state index is 9.31. The number of aromatic nitrogens is 1. The van der Waals surface area contributed by atoms with E-state index < -0.39 is 0 Å². The van der Waals surface area contributed by atoms with Gasteiger partial charge in [-0.3, -0.25) is 4.90 Å². The molecule has 2 aromatic rings. The second-order valence-electron chi connectivity index (χ2n) is 5.16. The fourth-order valence-corrected chi connectivity index (χ4v) is 1.59. The van der Waals surface area contributed by atoms with Crippen LogP contribution in [0.2, 0.25) is 0 Å². The van der Waals surface area contributed by atoms with Crippen molar-refractivity contribution in [1.82, 2.24) is 9.88 Å². The average molecular weight is 249 g/mol. The van der Waals surface area contributed by atoms with Crippen LogP contribution in [0.3, 0.4) is 0 Å². The zero-order chi connectivity index (χ0) is 13.3. The summed E-state index contributed by atoms with van der Waals surface area (Å²) < 4.78 is 5.64. The van der Waals surface area contributed by atoms with Gasteiger partial charge in [-0.1, -0.05) is 0 Å². The fourth-order valence-electron chi connectivity index (χ4n) is 1.59. The van der Waals surface area contributed by atoms with Crippen molar-refractivity contribution in [3.63, 3.8) is 0 Å². The van der Waals surface area contributed by atoms with Crippen LogP contribution in [-0.4, -0.2) is 34.2 Å². The number of rotatable bonds is 4. The second-order valence-corrected chi connectivity index (χ2v) is 5.16. The first-order valence-electron chi connectivity index (χ1n) is 5.89.